The van der Waals surface area contributed by atoms with Crippen molar-refractivity contribution in [3.8, 4) is 0 Å². The number of rotatable bonds is 3. The van der Waals surface area contributed by atoms with E-state index < -0.39 is 5.82 Å². The fraction of sp³-hybridized carbons (Fsp3) is 0.182. The van der Waals surface area contributed by atoms with Gasteiger partial charge >= 0.3 is 0 Å². The summed E-state index contributed by atoms with van der Waals surface area (Å²) in [5.74, 6) is -0.576. The highest BCUT2D eigenvalue weighted by Crippen LogP contribution is 2.25. The molecule has 3 nitrogen and oxygen atoms in total. The fourth-order valence-corrected chi connectivity index (χ4v) is 1.34. The van der Waals surface area contributed by atoms with Gasteiger partial charge in [-0.2, -0.15) is 0 Å². The monoisotopic (exact) mass is 242 g/mol. The van der Waals surface area contributed by atoms with E-state index in [-0.39, 0.29) is 10.9 Å². The van der Waals surface area contributed by atoms with Crippen LogP contribution in [0, 0.1) is 5.82 Å². The van der Waals surface area contributed by atoms with Gasteiger partial charge < -0.3 is 11.1 Å². The molecule has 0 unspecified atom stereocenters. The van der Waals surface area contributed by atoms with Crippen molar-refractivity contribution in [1.82, 2.24) is 5.32 Å². The first-order chi connectivity index (χ1) is 7.50. The minimum absolute atomic E-state index is 0.130. The van der Waals surface area contributed by atoms with Gasteiger partial charge in [-0.15, -0.1) is 0 Å². The van der Waals surface area contributed by atoms with Crippen LogP contribution in [0.5, 0.6) is 0 Å². The van der Waals surface area contributed by atoms with Gasteiger partial charge in [-0.05, 0) is 12.1 Å². The van der Waals surface area contributed by atoms with Crippen LogP contribution in [0.2, 0.25) is 5.02 Å². The molecule has 3 N–H and O–H groups in total. The number of halogens is 2. The third-order valence-corrected chi connectivity index (χ3v) is 2.21. The number of carbonyl (C=O) groups is 1. The van der Waals surface area contributed by atoms with Gasteiger partial charge in [0.05, 0.1) is 10.7 Å². The zero-order valence-electron chi connectivity index (χ0n) is 8.76. The summed E-state index contributed by atoms with van der Waals surface area (Å²) in [5, 5.41) is 2.75. The molecular formula is C11H12ClFN2O. The number of anilines is 1. The van der Waals surface area contributed by atoms with E-state index in [9.17, 15) is 9.18 Å². The van der Waals surface area contributed by atoms with Crippen molar-refractivity contribution in [2.75, 3.05) is 12.3 Å². The second-order valence-electron chi connectivity index (χ2n) is 3.23. The first-order valence-electron chi connectivity index (χ1n) is 4.66. The molecule has 0 radical (unpaired) electrons. The Kier molecular flexibility index (Phi) is 4.31. The summed E-state index contributed by atoms with van der Waals surface area (Å²) in [6.45, 7) is 1.78. The lowest BCUT2D eigenvalue weighted by Crippen LogP contribution is -2.19. The van der Waals surface area contributed by atoms with Crippen molar-refractivity contribution in [2.24, 2.45) is 0 Å². The van der Waals surface area contributed by atoms with Gasteiger partial charge in [0.25, 0.3) is 0 Å². The highest BCUT2D eigenvalue weighted by Gasteiger charge is 2.03. The topological polar surface area (TPSA) is 55.1 Å². The first kappa shape index (κ1) is 12.5. The lowest BCUT2D eigenvalue weighted by molar-refractivity contribution is -0.118. The van der Waals surface area contributed by atoms with Crippen molar-refractivity contribution >= 4 is 29.3 Å². The second kappa shape index (κ2) is 5.51. The number of nitrogens with two attached hydrogens (primary N) is 1. The number of hydrogen-bond donors (Lipinski definition) is 2. The lowest BCUT2D eigenvalue weighted by Gasteiger charge is -2.03. The zero-order chi connectivity index (χ0) is 12.1. The van der Waals surface area contributed by atoms with E-state index in [1.54, 1.807) is 12.2 Å². The number of amides is 1. The largest absolute Gasteiger partial charge is 0.397 e. The van der Waals surface area contributed by atoms with Gasteiger partial charge in [-0.3, -0.25) is 4.79 Å². The molecule has 0 spiro atoms. The maximum absolute atomic E-state index is 13.0. The molecule has 0 saturated carbocycles. The smallest absolute Gasteiger partial charge is 0.217 e. The molecule has 5 heteroatoms. The van der Waals surface area contributed by atoms with Gasteiger partial charge in [0, 0.05) is 19.0 Å². The van der Waals surface area contributed by atoms with Crippen LogP contribution in [0.3, 0.4) is 0 Å². The minimum Gasteiger partial charge on any atom is -0.397 e. The predicted molar refractivity (Wildman–Crippen MR) is 63.5 cm³/mol. The van der Waals surface area contributed by atoms with Gasteiger partial charge in [0.2, 0.25) is 5.91 Å². The molecule has 0 aromatic heterocycles. The number of hydrogen-bond acceptors (Lipinski definition) is 2. The molecule has 0 aliphatic carbocycles. The number of carbonyl (C=O) groups excluding carboxylic acids is 1. The molecule has 0 aliphatic rings. The van der Waals surface area contributed by atoms with E-state index in [1.807, 2.05) is 0 Å². The number of benzene rings is 1. The van der Waals surface area contributed by atoms with Gasteiger partial charge in [0.1, 0.15) is 5.82 Å². The van der Waals surface area contributed by atoms with Gasteiger partial charge in [-0.25, -0.2) is 4.39 Å². The summed E-state index contributed by atoms with van der Waals surface area (Å²) in [7, 11) is 0. The van der Waals surface area contributed by atoms with Gasteiger partial charge in [0.15, 0.2) is 0 Å². The molecule has 0 saturated heterocycles. The summed E-state index contributed by atoms with van der Waals surface area (Å²) >= 11 is 5.71. The van der Waals surface area contributed by atoms with Crippen molar-refractivity contribution in [3.63, 3.8) is 0 Å². The normalized spacial score (nSPS) is 10.7. The van der Waals surface area contributed by atoms with Crippen LogP contribution >= 0.6 is 11.6 Å². The van der Waals surface area contributed by atoms with E-state index >= 15 is 0 Å². The van der Waals surface area contributed by atoms with Crippen molar-refractivity contribution in [3.05, 3.63) is 34.6 Å². The molecule has 16 heavy (non-hydrogen) atoms. The molecule has 0 bridgehead atoms. The Morgan fingerprint density at radius 1 is 1.62 bits per heavy atom. The molecule has 86 valence electrons. The van der Waals surface area contributed by atoms with E-state index in [0.717, 1.165) is 6.07 Å². The molecule has 0 fully saturated rings. The van der Waals surface area contributed by atoms with E-state index in [1.165, 1.54) is 13.0 Å². The Labute approximate surface area is 98.1 Å². The van der Waals surface area contributed by atoms with E-state index in [2.05, 4.69) is 5.32 Å². The molecule has 0 heterocycles. The maximum atomic E-state index is 13.0. The molecule has 1 rings (SSSR count). The molecule has 1 aromatic rings. The second-order valence-corrected chi connectivity index (χ2v) is 3.64. The minimum atomic E-state index is -0.446. The Morgan fingerprint density at radius 2 is 2.31 bits per heavy atom. The Balaban J connectivity index is 2.77. The quantitative estimate of drug-likeness (QED) is 0.799. The molecule has 0 aliphatic heterocycles. The van der Waals surface area contributed by atoms with E-state index in [4.69, 9.17) is 17.3 Å². The Bertz CT molecular complexity index is 432. The van der Waals surface area contributed by atoms with E-state index in [0.29, 0.717) is 17.8 Å². The lowest BCUT2D eigenvalue weighted by atomic mass is 10.1. The molecular weight excluding hydrogens is 231 g/mol. The molecule has 0 atom stereocenters. The maximum Gasteiger partial charge on any atom is 0.217 e. The van der Waals surface area contributed by atoms with Gasteiger partial charge in [-0.1, -0.05) is 23.8 Å². The summed E-state index contributed by atoms with van der Waals surface area (Å²) in [6, 6.07) is 2.44. The Morgan fingerprint density at radius 3 is 2.94 bits per heavy atom. The van der Waals surface area contributed by atoms with Crippen LogP contribution in [-0.4, -0.2) is 12.5 Å². The van der Waals surface area contributed by atoms with Crippen LogP contribution in [0.4, 0.5) is 10.1 Å². The summed E-state index contributed by atoms with van der Waals surface area (Å²) < 4.78 is 13.0. The number of nitrogens with one attached hydrogen (secondary N) is 1. The van der Waals surface area contributed by atoms with Crippen molar-refractivity contribution < 1.29 is 9.18 Å². The SMILES string of the molecule is CC(=O)NCC=Cc1cc(F)cc(Cl)c1N. The highest BCUT2D eigenvalue weighted by molar-refractivity contribution is 6.33. The van der Waals surface area contributed by atoms with Crippen LogP contribution in [0.15, 0.2) is 18.2 Å². The number of nitrogen functional groups attached to an aromatic ring is 1. The van der Waals surface area contributed by atoms with Crippen molar-refractivity contribution in [2.45, 2.75) is 6.92 Å². The standard InChI is InChI=1S/C11H12ClFN2O/c1-7(16)15-4-2-3-8-5-9(13)6-10(12)11(8)14/h2-3,5-6H,4,14H2,1H3,(H,15,16). The molecule has 1 amide bonds. The zero-order valence-corrected chi connectivity index (χ0v) is 9.51. The Hall–Kier alpha value is -1.55. The highest BCUT2D eigenvalue weighted by atomic mass is 35.5. The third-order valence-electron chi connectivity index (χ3n) is 1.89. The average Bonchev–Trinajstić information content (AvgIpc) is 2.19. The average molecular weight is 243 g/mol. The van der Waals surface area contributed by atoms with Crippen molar-refractivity contribution in [1.29, 1.82) is 0 Å². The van der Waals surface area contributed by atoms with Crippen LogP contribution < -0.4 is 11.1 Å². The molecule has 1 aromatic carbocycles. The first-order valence-corrected chi connectivity index (χ1v) is 5.04. The van der Waals surface area contributed by atoms with Crippen LogP contribution in [-0.2, 0) is 4.79 Å². The predicted octanol–water partition coefficient (Wildman–Crippen LogP) is 2.21. The third kappa shape index (κ3) is 3.55. The summed E-state index contributed by atoms with van der Waals surface area (Å²) in [6.07, 6.45) is 3.28. The summed E-state index contributed by atoms with van der Waals surface area (Å²) in [4.78, 5) is 10.6. The summed E-state index contributed by atoms with van der Waals surface area (Å²) in [5.41, 5.74) is 6.47. The van der Waals surface area contributed by atoms with Crippen LogP contribution in [0.25, 0.3) is 6.08 Å². The van der Waals surface area contributed by atoms with Crippen LogP contribution in [0.1, 0.15) is 12.5 Å². The fourth-order valence-electron chi connectivity index (χ4n) is 1.13.